The maximum absolute atomic E-state index is 10.9. The first-order chi connectivity index (χ1) is 5.47. The van der Waals surface area contributed by atoms with Gasteiger partial charge < -0.3 is 4.74 Å². The minimum Gasteiger partial charge on any atom is -0.502 e. The molecule has 4 heteroatoms. The van der Waals surface area contributed by atoms with Crippen molar-refractivity contribution in [1.82, 2.24) is 0 Å². The van der Waals surface area contributed by atoms with Gasteiger partial charge in [-0.05, 0) is 11.8 Å². The Kier molecular flexibility index (Phi) is 2.46. The van der Waals surface area contributed by atoms with E-state index in [1.165, 1.54) is 6.26 Å². The normalized spacial score (nSPS) is 24.1. The third-order valence-corrected chi connectivity index (χ3v) is 4.35. The van der Waals surface area contributed by atoms with E-state index < -0.39 is 9.84 Å². The molecule has 0 radical (unpaired) electrons. The van der Waals surface area contributed by atoms with E-state index in [1.54, 1.807) is 0 Å². The number of hydrogen-bond acceptors (Lipinski definition) is 3. The molecule has 0 aromatic rings. The van der Waals surface area contributed by atoms with Crippen molar-refractivity contribution in [3.8, 4) is 0 Å². The van der Waals surface area contributed by atoms with Crippen LogP contribution in [0.4, 0.5) is 0 Å². The van der Waals surface area contributed by atoms with Gasteiger partial charge in [0.25, 0.3) is 0 Å². The monoisotopic (exact) mass is 190 g/mol. The third-order valence-electron chi connectivity index (χ3n) is 2.08. The van der Waals surface area contributed by atoms with Crippen molar-refractivity contribution in [2.75, 3.05) is 18.1 Å². The predicted octanol–water partition coefficient (Wildman–Crippen LogP) is 0.971. The van der Waals surface area contributed by atoms with Gasteiger partial charge in [-0.1, -0.05) is 13.5 Å². The third kappa shape index (κ3) is 2.24. The largest absolute Gasteiger partial charge is 0.502 e. The summed E-state index contributed by atoms with van der Waals surface area (Å²) in [7, 11) is -2.71. The first-order valence-electron chi connectivity index (χ1n) is 3.90. The maximum atomic E-state index is 10.9. The van der Waals surface area contributed by atoms with Crippen molar-refractivity contribution < 1.29 is 13.2 Å². The summed E-state index contributed by atoms with van der Waals surface area (Å²) < 4.78 is 26.7. The Balaban J connectivity index is 2.30. The molecule has 12 heavy (non-hydrogen) atoms. The SMILES string of the molecule is C=COCCC1(C)CS(=O)(=O)C1. The van der Waals surface area contributed by atoms with Gasteiger partial charge in [0.1, 0.15) is 0 Å². The molecule has 0 atom stereocenters. The quantitative estimate of drug-likeness (QED) is 0.490. The highest BCUT2D eigenvalue weighted by Gasteiger charge is 2.43. The molecule has 0 unspecified atom stereocenters. The van der Waals surface area contributed by atoms with Crippen LogP contribution in [0.2, 0.25) is 0 Å². The van der Waals surface area contributed by atoms with Crippen LogP contribution in [0.1, 0.15) is 13.3 Å². The molecule has 0 aromatic heterocycles. The Labute approximate surface area is 73.3 Å². The molecule has 1 rings (SSSR count). The molecule has 0 aliphatic carbocycles. The summed E-state index contributed by atoms with van der Waals surface area (Å²) in [4.78, 5) is 0. The van der Waals surface area contributed by atoms with E-state index in [-0.39, 0.29) is 5.41 Å². The van der Waals surface area contributed by atoms with Crippen LogP contribution in [0.5, 0.6) is 0 Å². The van der Waals surface area contributed by atoms with Crippen LogP contribution in [-0.4, -0.2) is 26.5 Å². The van der Waals surface area contributed by atoms with E-state index in [1.807, 2.05) is 6.92 Å². The topological polar surface area (TPSA) is 43.4 Å². The van der Waals surface area contributed by atoms with Gasteiger partial charge in [0, 0.05) is 0 Å². The molecule has 3 nitrogen and oxygen atoms in total. The van der Waals surface area contributed by atoms with Crippen molar-refractivity contribution in [1.29, 1.82) is 0 Å². The van der Waals surface area contributed by atoms with E-state index in [4.69, 9.17) is 4.74 Å². The lowest BCUT2D eigenvalue weighted by atomic mass is 9.91. The molecule has 0 amide bonds. The highest BCUT2D eigenvalue weighted by Crippen LogP contribution is 2.35. The molecule has 1 aliphatic heterocycles. The number of hydrogen-bond donors (Lipinski definition) is 0. The van der Waals surface area contributed by atoms with Crippen LogP contribution in [0, 0.1) is 5.41 Å². The van der Waals surface area contributed by atoms with Gasteiger partial charge >= 0.3 is 0 Å². The van der Waals surface area contributed by atoms with Gasteiger partial charge in [-0.15, -0.1) is 0 Å². The minimum atomic E-state index is -2.71. The Morgan fingerprint density at radius 3 is 2.58 bits per heavy atom. The van der Waals surface area contributed by atoms with Crippen molar-refractivity contribution in [2.45, 2.75) is 13.3 Å². The second-order valence-electron chi connectivity index (χ2n) is 3.63. The molecule has 1 aliphatic rings. The zero-order valence-electron chi connectivity index (χ0n) is 7.25. The molecule has 1 heterocycles. The van der Waals surface area contributed by atoms with Crippen molar-refractivity contribution in [3.63, 3.8) is 0 Å². The lowest BCUT2D eigenvalue weighted by molar-refractivity contribution is 0.192. The molecule has 1 saturated heterocycles. The molecule has 0 aromatic carbocycles. The average molecular weight is 190 g/mol. The molecular formula is C8H14O3S. The molecule has 0 spiro atoms. The Hall–Kier alpha value is -0.510. The van der Waals surface area contributed by atoms with Crippen molar-refractivity contribution in [3.05, 3.63) is 12.8 Å². The van der Waals surface area contributed by atoms with Crippen molar-refractivity contribution in [2.24, 2.45) is 5.41 Å². The molecule has 0 saturated carbocycles. The van der Waals surface area contributed by atoms with E-state index in [0.29, 0.717) is 18.1 Å². The van der Waals surface area contributed by atoms with E-state index in [2.05, 4.69) is 6.58 Å². The second-order valence-corrected chi connectivity index (χ2v) is 5.69. The zero-order chi connectivity index (χ0) is 9.24. The smallest absolute Gasteiger partial charge is 0.151 e. The highest BCUT2D eigenvalue weighted by atomic mass is 32.2. The molecule has 70 valence electrons. The maximum Gasteiger partial charge on any atom is 0.151 e. The molecular weight excluding hydrogens is 176 g/mol. The number of sulfone groups is 1. The van der Waals surface area contributed by atoms with E-state index >= 15 is 0 Å². The van der Waals surface area contributed by atoms with E-state index in [9.17, 15) is 8.42 Å². The molecule has 0 N–H and O–H groups in total. The summed E-state index contributed by atoms with van der Waals surface area (Å²) in [5.41, 5.74) is -0.0537. The molecule has 1 fully saturated rings. The average Bonchev–Trinajstić information content (AvgIpc) is 1.83. The summed E-state index contributed by atoms with van der Waals surface area (Å²) in [5.74, 6) is 0.612. The van der Waals surface area contributed by atoms with Gasteiger partial charge in [-0.3, -0.25) is 0 Å². The van der Waals surface area contributed by atoms with Crippen LogP contribution in [0.25, 0.3) is 0 Å². The van der Waals surface area contributed by atoms with Gasteiger partial charge in [-0.25, -0.2) is 8.42 Å². The summed E-state index contributed by atoms with van der Waals surface area (Å²) in [6.45, 7) is 5.95. The summed E-state index contributed by atoms with van der Waals surface area (Å²) in [6, 6.07) is 0. The summed E-state index contributed by atoms with van der Waals surface area (Å²) in [5, 5.41) is 0. The Bertz CT molecular complexity index is 254. The summed E-state index contributed by atoms with van der Waals surface area (Å²) in [6.07, 6.45) is 2.18. The lowest BCUT2D eigenvalue weighted by Gasteiger charge is -2.37. The van der Waals surface area contributed by atoms with Crippen LogP contribution in [0.15, 0.2) is 12.8 Å². The van der Waals surface area contributed by atoms with Crippen molar-refractivity contribution >= 4 is 9.84 Å². The van der Waals surface area contributed by atoms with E-state index in [0.717, 1.165) is 6.42 Å². The van der Waals surface area contributed by atoms with Crippen LogP contribution < -0.4 is 0 Å². The van der Waals surface area contributed by atoms with Crippen LogP contribution in [-0.2, 0) is 14.6 Å². The minimum absolute atomic E-state index is 0.0537. The summed E-state index contributed by atoms with van der Waals surface area (Å²) >= 11 is 0. The first-order valence-corrected chi connectivity index (χ1v) is 5.73. The lowest BCUT2D eigenvalue weighted by Crippen LogP contribution is -2.46. The van der Waals surface area contributed by atoms with Gasteiger partial charge in [-0.2, -0.15) is 0 Å². The predicted molar refractivity (Wildman–Crippen MR) is 47.5 cm³/mol. The van der Waals surface area contributed by atoms with Crippen LogP contribution in [0.3, 0.4) is 0 Å². The van der Waals surface area contributed by atoms with Gasteiger partial charge in [0.15, 0.2) is 9.84 Å². The first kappa shape index (κ1) is 9.58. The number of rotatable bonds is 4. The van der Waals surface area contributed by atoms with Crippen LogP contribution >= 0.6 is 0 Å². The Morgan fingerprint density at radius 1 is 1.58 bits per heavy atom. The standard InChI is InChI=1S/C8H14O3S/c1-3-11-5-4-8(2)6-12(9,10)7-8/h3H,1,4-7H2,2H3. The fourth-order valence-corrected chi connectivity index (χ4v) is 3.88. The van der Waals surface area contributed by atoms with Gasteiger partial charge in [0.05, 0.1) is 24.4 Å². The highest BCUT2D eigenvalue weighted by molar-refractivity contribution is 7.92. The second kappa shape index (κ2) is 3.09. The fourth-order valence-electron chi connectivity index (χ4n) is 1.55. The number of ether oxygens (including phenoxy) is 1. The fraction of sp³-hybridized carbons (Fsp3) is 0.750. The zero-order valence-corrected chi connectivity index (χ0v) is 8.06. The van der Waals surface area contributed by atoms with Gasteiger partial charge in [0.2, 0.25) is 0 Å². The Morgan fingerprint density at radius 2 is 2.17 bits per heavy atom. The molecule has 0 bridgehead atoms.